The number of aryl methyl sites for hydroxylation is 6. The van der Waals surface area contributed by atoms with E-state index < -0.39 is 0 Å². The van der Waals surface area contributed by atoms with Crippen molar-refractivity contribution in [2.45, 2.75) is 38.5 Å². The molecule has 345 valence electrons. The van der Waals surface area contributed by atoms with Crippen LogP contribution in [0.15, 0.2) is 183 Å². The second-order valence-electron chi connectivity index (χ2n) is 16.9. The summed E-state index contributed by atoms with van der Waals surface area (Å²) in [6.07, 6.45) is 16.1. The molecule has 3 heterocycles. The van der Waals surface area contributed by atoms with E-state index in [9.17, 15) is 10.5 Å². The Balaban J connectivity index is 0.00000608. The molecule has 70 heavy (non-hydrogen) atoms. The summed E-state index contributed by atoms with van der Waals surface area (Å²) in [5, 5.41) is 20.7. The van der Waals surface area contributed by atoms with E-state index in [2.05, 4.69) is 89.8 Å². The van der Waals surface area contributed by atoms with Crippen molar-refractivity contribution >= 4 is 39.8 Å². The fraction of sp³-hybridized carbons (Fsp3) is 0.100. The van der Waals surface area contributed by atoms with Crippen molar-refractivity contribution in [1.29, 1.82) is 10.5 Å². The summed E-state index contributed by atoms with van der Waals surface area (Å²) in [5.41, 5.74) is 13.7. The normalized spacial score (nSPS) is 13.7. The molecule has 3 aliphatic heterocycles. The first-order valence-corrected chi connectivity index (χ1v) is 22.9. The first-order valence-electron chi connectivity index (χ1n) is 22.9. The fourth-order valence-electron chi connectivity index (χ4n) is 8.75. The summed E-state index contributed by atoms with van der Waals surface area (Å²) in [6, 6.07) is 63.9. The minimum Gasteiger partial charge on any atom is -0.501 e. The van der Waals surface area contributed by atoms with Gasteiger partial charge in [-0.15, -0.1) is 66.4 Å². The van der Waals surface area contributed by atoms with Crippen LogP contribution in [0.1, 0.15) is 44.5 Å². The fourth-order valence-corrected chi connectivity index (χ4v) is 8.75. The maximum atomic E-state index is 10.3. The zero-order valence-electron chi connectivity index (χ0n) is 38.2. The second-order valence-corrected chi connectivity index (χ2v) is 16.9. The summed E-state index contributed by atoms with van der Waals surface area (Å²) in [4.78, 5) is 16.0. The molecule has 0 aliphatic carbocycles. The topological polar surface area (TPSA) is 71.4 Å². The van der Waals surface area contributed by atoms with Crippen LogP contribution in [-0.2, 0) is 58.6 Å². The summed E-state index contributed by atoms with van der Waals surface area (Å²) in [5.74, 6) is 0. The molecule has 1 radical (unpaired) electrons. The number of anilines is 6. The minimum absolute atomic E-state index is 0. The number of nitriles is 2. The Morgan fingerprint density at radius 1 is 0.429 bits per heavy atom. The maximum absolute atomic E-state index is 10.3. The van der Waals surface area contributed by atoms with E-state index in [0.29, 0.717) is 36.1 Å². The second kappa shape index (κ2) is 21.8. The summed E-state index contributed by atoms with van der Waals surface area (Å²) >= 11 is 0. The molecule has 0 fully saturated rings. The van der Waals surface area contributed by atoms with Crippen LogP contribution in [0, 0.1) is 67.4 Å². The van der Waals surface area contributed by atoms with Crippen molar-refractivity contribution in [1.82, 2.24) is 0 Å². The third-order valence-electron chi connectivity index (χ3n) is 12.5. The number of nitrogens with zero attached hydrogens (tertiary/aromatic N) is 9. The van der Waals surface area contributed by atoms with E-state index >= 15 is 0 Å². The van der Waals surface area contributed by atoms with Gasteiger partial charge in [0, 0.05) is 37.2 Å². The van der Waals surface area contributed by atoms with Crippen molar-refractivity contribution in [2.75, 3.05) is 29.4 Å². The predicted molar refractivity (Wildman–Crippen MR) is 275 cm³/mol. The monoisotopic (exact) mass is 1080 g/mol. The van der Waals surface area contributed by atoms with Gasteiger partial charge in [0.2, 0.25) is 0 Å². The van der Waals surface area contributed by atoms with E-state index in [1.165, 1.54) is 5.56 Å². The van der Waals surface area contributed by atoms with Gasteiger partial charge in [-0.3, -0.25) is 4.85 Å². The molecule has 0 atom stereocenters. The van der Waals surface area contributed by atoms with Crippen LogP contribution in [0.3, 0.4) is 0 Å². The third-order valence-corrected chi connectivity index (χ3v) is 12.5. The van der Waals surface area contributed by atoms with Crippen LogP contribution in [-0.4, -0.2) is 0 Å². The standard InChI is InChI=1S/C60H45N9.Ir/c1-63-60-40-59(69-34-31-66(45-69)56-15-9-4-10-16-56)28-25-51(60)22-19-48-36-46(17-20-49-23-26-57(38-52(49)41-61)67-32-29-64(43-67)54-11-5-2-6-12-54)35-47(37-48)18-21-50-24-27-58(39-53(50)42-62)68-33-30-65(44-68)55-13-7-3-8-14-55;/h2-16,23-25,29-40,43-45H,17-22H2;/q-6;. The Kier molecular flexibility index (Phi) is 14.5. The van der Waals surface area contributed by atoms with Gasteiger partial charge in [0.1, 0.15) is 0 Å². The van der Waals surface area contributed by atoms with Crippen LogP contribution in [0.5, 0.6) is 0 Å². The average Bonchev–Trinajstić information content (AvgIpc) is 4.23. The molecule has 0 unspecified atom stereocenters. The zero-order chi connectivity index (χ0) is 46.9. The van der Waals surface area contributed by atoms with Crippen LogP contribution in [0.2, 0.25) is 0 Å². The zero-order valence-corrected chi connectivity index (χ0v) is 40.5. The van der Waals surface area contributed by atoms with E-state index in [-0.39, 0.29) is 20.1 Å². The van der Waals surface area contributed by atoms with Crippen LogP contribution in [0.25, 0.3) is 4.85 Å². The van der Waals surface area contributed by atoms with Crippen molar-refractivity contribution in [3.63, 3.8) is 0 Å². The smallest absolute Gasteiger partial charge is 0.0899 e. The number of rotatable bonds is 15. The SMILES string of the molecule is [C-]#[N+]c1cc(N2C=CN(c3ccccc3)[CH-]2)[c-]cc1CCc1cc(CCc2c[c-]c(N3C=CN(c4ccccc4)[CH-]3)cc2C#N)cc(CCc2c[c-]c(N3C=CN(c4ccccc4)[CH-]3)cc2C#N)c1.[Ir]. The first kappa shape index (κ1) is 46.8. The van der Waals surface area contributed by atoms with Crippen molar-refractivity contribution in [3.8, 4) is 12.1 Å². The quantitative estimate of drug-likeness (QED) is 0.0941. The Morgan fingerprint density at radius 2 is 0.757 bits per heavy atom. The van der Waals surface area contributed by atoms with E-state index in [0.717, 1.165) is 81.2 Å². The molecule has 9 nitrogen and oxygen atoms in total. The van der Waals surface area contributed by atoms with Gasteiger partial charge in [-0.2, -0.15) is 52.5 Å². The number of para-hydroxylation sites is 3. The largest absolute Gasteiger partial charge is 0.501 e. The molecule has 7 aromatic rings. The Bertz CT molecular complexity index is 2830. The third kappa shape index (κ3) is 10.7. The number of hydrogen-bond donors (Lipinski definition) is 0. The van der Waals surface area contributed by atoms with Crippen molar-refractivity contribution in [2.24, 2.45) is 0 Å². The molecular formula is C60H45IrN9-6. The molecule has 0 saturated heterocycles. The van der Waals surface area contributed by atoms with Gasteiger partial charge in [-0.05, 0) is 110 Å². The number of hydrogen-bond acceptors (Lipinski definition) is 8. The van der Waals surface area contributed by atoms with Crippen molar-refractivity contribution in [3.05, 3.63) is 277 Å². The predicted octanol–water partition coefficient (Wildman–Crippen LogP) is 12.5. The van der Waals surface area contributed by atoms with Crippen LogP contribution in [0.4, 0.5) is 39.8 Å². The molecule has 0 amide bonds. The molecule has 3 aliphatic rings. The molecular weight excluding hydrogens is 1040 g/mol. The van der Waals surface area contributed by atoms with Gasteiger partial charge in [0.15, 0.2) is 0 Å². The molecule has 0 N–H and O–H groups in total. The Labute approximate surface area is 425 Å². The Morgan fingerprint density at radius 3 is 1.11 bits per heavy atom. The van der Waals surface area contributed by atoms with Gasteiger partial charge in [0.25, 0.3) is 0 Å². The molecule has 0 aromatic heterocycles. The summed E-state index contributed by atoms with van der Waals surface area (Å²) < 4.78 is 0. The van der Waals surface area contributed by atoms with Gasteiger partial charge in [-0.1, -0.05) is 103 Å². The molecule has 0 spiro atoms. The first-order chi connectivity index (χ1) is 34.0. The average molecular weight is 1080 g/mol. The molecule has 7 aromatic carbocycles. The molecule has 10 rings (SSSR count). The maximum Gasteiger partial charge on any atom is 0.0899 e. The molecule has 0 saturated carbocycles. The van der Waals surface area contributed by atoms with Crippen LogP contribution < -0.4 is 29.4 Å². The summed E-state index contributed by atoms with van der Waals surface area (Å²) in [6.45, 7) is 14.1. The number of benzene rings is 7. The minimum atomic E-state index is 0. The Hall–Kier alpha value is -8.32. The summed E-state index contributed by atoms with van der Waals surface area (Å²) in [7, 11) is 0. The van der Waals surface area contributed by atoms with Gasteiger partial charge < -0.3 is 29.4 Å². The molecule has 10 heteroatoms. The van der Waals surface area contributed by atoms with E-state index in [1.807, 2.05) is 178 Å². The van der Waals surface area contributed by atoms with Crippen LogP contribution >= 0.6 is 0 Å². The van der Waals surface area contributed by atoms with Gasteiger partial charge in [0.05, 0.1) is 24.4 Å². The van der Waals surface area contributed by atoms with E-state index in [1.54, 1.807) is 0 Å². The molecule has 0 bridgehead atoms. The van der Waals surface area contributed by atoms with Gasteiger partial charge in [-0.25, -0.2) is 0 Å². The van der Waals surface area contributed by atoms with Crippen molar-refractivity contribution < 1.29 is 20.1 Å². The van der Waals surface area contributed by atoms with E-state index in [4.69, 9.17) is 6.57 Å². The van der Waals surface area contributed by atoms with Gasteiger partial charge >= 0.3 is 0 Å².